The third-order valence-corrected chi connectivity index (χ3v) is 3.87. The van der Waals surface area contributed by atoms with E-state index in [1.807, 2.05) is 24.3 Å². The lowest BCUT2D eigenvalue weighted by Crippen LogP contribution is -1.99. The fraction of sp³-hybridized carbons (Fsp3) is 0. The van der Waals surface area contributed by atoms with Gasteiger partial charge in [-0.15, -0.1) is 10.2 Å². The van der Waals surface area contributed by atoms with Crippen molar-refractivity contribution in [2.45, 2.75) is 0 Å². The summed E-state index contributed by atoms with van der Waals surface area (Å²) in [6.07, 6.45) is 4.87. The van der Waals surface area contributed by atoms with Crippen molar-refractivity contribution in [1.82, 2.24) is 20.2 Å². The number of imidazole rings is 1. The highest BCUT2D eigenvalue weighted by molar-refractivity contribution is 5.99. The van der Waals surface area contributed by atoms with Crippen molar-refractivity contribution in [3.8, 4) is 11.5 Å². The number of nitro groups is 1. The molecule has 2 N–H and O–H groups in total. The maximum atomic E-state index is 10.8. The van der Waals surface area contributed by atoms with E-state index in [1.165, 1.54) is 18.3 Å². The second-order valence-corrected chi connectivity index (χ2v) is 5.60. The molecule has 2 aromatic carbocycles. The van der Waals surface area contributed by atoms with Gasteiger partial charge in [-0.2, -0.15) is 5.10 Å². The van der Waals surface area contributed by atoms with Crippen LogP contribution in [0.1, 0.15) is 5.56 Å². The number of aromatic nitrogens is 4. The summed E-state index contributed by atoms with van der Waals surface area (Å²) in [5, 5.41) is 25.1. The highest BCUT2D eigenvalue weighted by atomic mass is 16.6. The van der Waals surface area contributed by atoms with Crippen LogP contribution in [0.2, 0.25) is 0 Å². The molecule has 0 radical (unpaired) electrons. The van der Waals surface area contributed by atoms with Crippen LogP contribution in [0.4, 0.5) is 11.5 Å². The van der Waals surface area contributed by atoms with Gasteiger partial charge in [-0.3, -0.25) is 15.5 Å². The van der Waals surface area contributed by atoms with Crippen LogP contribution in [0.15, 0.2) is 66.0 Å². The Morgan fingerprint density at radius 1 is 1.11 bits per heavy atom. The number of nitrogens with zero attached hydrogens (tertiary/aromatic N) is 5. The quantitative estimate of drug-likeness (QED) is 0.320. The van der Waals surface area contributed by atoms with Crippen LogP contribution in [0.25, 0.3) is 22.3 Å². The number of nitro benzene ring substituents is 1. The van der Waals surface area contributed by atoms with Gasteiger partial charge in [-0.05, 0) is 0 Å². The third-order valence-electron chi connectivity index (χ3n) is 3.87. The molecule has 0 unspecified atom stereocenters. The molecule has 9 heteroatoms. The van der Waals surface area contributed by atoms with Gasteiger partial charge < -0.3 is 4.98 Å². The number of aromatic amines is 1. The fourth-order valence-electron chi connectivity index (χ4n) is 2.64. The lowest BCUT2D eigenvalue weighted by molar-refractivity contribution is -0.384. The minimum absolute atomic E-state index is 0.00647. The maximum Gasteiger partial charge on any atom is 0.270 e. The summed E-state index contributed by atoms with van der Waals surface area (Å²) in [5.41, 5.74) is 4.10. The lowest BCUT2D eigenvalue weighted by Gasteiger charge is -2.07. The van der Waals surface area contributed by atoms with Gasteiger partial charge in [0.15, 0.2) is 11.6 Å². The van der Waals surface area contributed by atoms with Crippen LogP contribution in [-0.2, 0) is 0 Å². The van der Waals surface area contributed by atoms with Crippen LogP contribution < -0.4 is 5.43 Å². The van der Waals surface area contributed by atoms with Crippen molar-refractivity contribution in [3.05, 3.63) is 76.6 Å². The Kier molecular flexibility index (Phi) is 4.24. The zero-order valence-electron chi connectivity index (χ0n) is 13.9. The van der Waals surface area contributed by atoms with Crippen LogP contribution >= 0.6 is 0 Å². The Balaban J connectivity index is 1.64. The largest absolute Gasteiger partial charge is 0.343 e. The second-order valence-electron chi connectivity index (χ2n) is 5.60. The minimum Gasteiger partial charge on any atom is -0.343 e. The average molecular weight is 359 g/mol. The van der Waals surface area contributed by atoms with Crippen molar-refractivity contribution in [2.24, 2.45) is 5.10 Å². The number of nitrogens with one attached hydrogen (secondary N) is 2. The molecule has 0 aliphatic carbocycles. The molecule has 132 valence electrons. The first kappa shape index (κ1) is 16.3. The molecular formula is C18H13N7O2. The SMILES string of the molecule is O=[N+]([O-])c1cccc(/C=N\Nc2nnc(-c3ncc[nH]3)c3ccccc23)c1. The summed E-state index contributed by atoms with van der Waals surface area (Å²) in [6.45, 7) is 0. The number of rotatable bonds is 5. The van der Waals surface area contributed by atoms with E-state index in [0.717, 1.165) is 10.8 Å². The van der Waals surface area contributed by atoms with Gasteiger partial charge in [0.1, 0.15) is 5.69 Å². The second kappa shape index (κ2) is 7.00. The minimum atomic E-state index is -0.447. The standard InChI is InChI=1S/C18H13N7O2/c26-25(27)13-5-3-4-12(10-13)11-21-23-17-15-7-2-1-6-14(15)16(22-24-17)18-19-8-9-20-18/h1-11H,(H,19,20)(H,23,24)/b21-11-. The monoisotopic (exact) mass is 359 g/mol. The zero-order valence-corrected chi connectivity index (χ0v) is 13.9. The van der Waals surface area contributed by atoms with Gasteiger partial charge in [0.25, 0.3) is 5.69 Å². The highest BCUT2D eigenvalue weighted by Crippen LogP contribution is 2.27. The van der Waals surface area contributed by atoms with Crippen LogP contribution in [0, 0.1) is 10.1 Å². The van der Waals surface area contributed by atoms with Gasteiger partial charge >= 0.3 is 0 Å². The molecule has 0 aliphatic heterocycles. The third kappa shape index (κ3) is 3.33. The molecule has 0 fully saturated rings. The molecule has 0 saturated heterocycles. The van der Waals surface area contributed by atoms with Crippen LogP contribution in [0.5, 0.6) is 0 Å². The Hall–Kier alpha value is -4.14. The summed E-state index contributed by atoms with van der Waals surface area (Å²) in [4.78, 5) is 17.6. The number of H-pyrrole nitrogens is 1. The molecule has 0 atom stereocenters. The molecule has 4 rings (SSSR count). The van der Waals surface area contributed by atoms with Crippen molar-refractivity contribution < 1.29 is 4.92 Å². The Bertz CT molecular complexity index is 1140. The van der Waals surface area contributed by atoms with Gasteiger partial charge in [0.05, 0.1) is 11.1 Å². The van der Waals surface area contributed by atoms with E-state index in [2.05, 4.69) is 30.7 Å². The van der Waals surface area contributed by atoms with Crippen LogP contribution in [-0.4, -0.2) is 31.3 Å². The number of benzene rings is 2. The highest BCUT2D eigenvalue weighted by Gasteiger charge is 2.12. The molecule has 0 amide bonds. The number of hydrogen-bond acceptors (Lipinski definition) is 7. The fourth-order valence-corrected chi connectivity index (χ4v) is 2.64. The van der Waals surface area contributed by atoms with Gasteiger partial charge in [0, 0.05) is 40.9 Å². The van der Waals surface area contributed by atoms with E-state index in [1.54, 1.807) is 24.5 Å². The Labute approximate surface area is 152 Å². The number of hydrogen-bond donors (Lipinski definition) is 2. The molecule has 9 nitrogen and oxygen atoms in total. The first-order valence-corrected chi connectivity index (χ1v) is 8.01. The van der Waals surface area contributed by atoms with Crippen molar-refractivity contribution in [2.75, 3.05) is 5.43 Å². The molecule has 0 saturated carbocycles. The first-order valence-electron chi connectivity index (χ1n) is 8.01. The van der Waals surface area contributed by atoms with E-state index in [-0.39, 0.29) is 5.69 Å². The Morgan fingerprint density at radius 2 is 1.96 bits per heavy atom. The van der Waals surface area contributed by atoms with Gasteiger partial charge in [-0.1, -0.05) is 36.4 Å². The summed E-state index contributed by atoms with van der Waals surface area (Å²) in [7, 11) is 0. The molecule has 2 aromatic heterocycles. The van der Waals surface area contributed by atoms with Gasteiger partial charge in [0.2, 0.25) is 0 Å². The van der Waals surface area contributed by atoms with E-state index in [4.69, 9.17) is 0 Å². The average Bonchev–Trinajstić information content (AvgIpc) is 3.23. The topological polar surface area (TPSA) is 122 Å². The smallest absolute Gasteiger partial charge is 0.270 e. The zero-order chi connectivity index (χ0) is 18.6. The number of non-ortho nitro benzene ring substituents is 1. The summed E-state index contributed by atoms with van der Waals surface area (Å²) >= 11 is 0. The van der Waals surface area contributed by atoms with Crippen molar-refractivity contribution >= 4 is 28.5 Å². The molecule has 2 heterocycles. The predicted molar refractivity (Wildman–Crippen MR) is 101 cm³/mol. The van der Waals surface area contributed by atoms with Crippen LogP contribution in [0.3, 0.4) is 0 Å². The number of anilines is 1. The first-order chi connectivity index (χ1) is 13.2. The summed E-state index contributed by atoms with van der Waals surface area (Å²) in [5.74, 6) is 1.10. The summed E-state index contributed by atoms with van der Waals surface area (Å²) in [6, 6.07) is 13.8. The lowest BCUT2D eigenvalue weighted by atomic mass is 10.1. The van der Waals surface area contributed by atoms with E-state index in [0.29, 0.717) is 22.9 Å². The summed E-state index contributed by atoms with van der Waals surface area (Å²) < 4.78 is 0. The van der Waals surface area contributed by atoms with Crippen molar-refractivity contribution in [1.29, 1.82) is 0 Å². The predicted octanol–water partition coefficient (Wildman–Crippen LogP) is 3.37. The maximum absolute atomic E-state index is 10.8. The Morgan fingerprint density at radius 3 is 2.74 bits per heavy atom. The molecular weight excluding hydrogens is 346 g/mol. The van der Waals surface area contributed by atoms with E-state index in [9.17, 15) is 10.1 Å². The molecule has 0 bridgehead atoms. The van der Waals surface area contributed by atoms with E-state index < -0.39 is 4.92 Å². The van der Waals surface area contributed by atoms with Gasteiger partial charge in [-0.25, -0.2) is 4.98 Å². The molecule has 0 spiro atoms. The van der Waals surface area contributed by atoms with E-state index >= 15 is 0 Å². The molecule has 4 aromatic rings. The molecule has 0 aliphatic rings. The molecule has 27 heavy (non-hydrogen) atoms. The number of hydrazone groups is 1. The van der Waals surface area contributed by atoms with Crippen molar-refractivity contribution in [3.63, 3.8) is 0 Å². The number of fused-ring (bicyclic) bond motifs is 1. The normalized spacial score (nSPS) is 11.1.